The number of hydrogen-bond donors (Lipinski definition) is 2. The Morgan fingerprint density at radius 3 is 2.90 bits per heavy atom. The summed E-state index contributed by atoms with van der Waals surface area (Å²) in [7, 11) is 5.92. The Morgan fingerprint density at radius 2 is 2.08 bits per heavy atom. The fourth-order valence-corrected chi connectivity index (χ4v) is 6.37. The van der Waals surface area contributed by atoms with Gasteiger partial charge in [0, 0.05) is 41.7 Å². The number of hydrogen-bond acceptors (Lipinski definition) is 9. The van der Waals surface area contributed by atoms with E-state index in [-0.39, 0.29) is 24.5 Å². The van der Waals surface area contributed by atoms with Crippen LogP contribution in [0, 0.1) is 17.2 Å². The molecule has 2 unspecified atom stereocenters. The van der Waals surface area contributed by atoms with Crippen LogP contribution in [0.1, 0.15) is 25.0 Å². The highest BCUT2D eigenvalue weighted by Crippen LogP contribution is 2.41. The van der Waals surface area contributed by atoms with Gasteiger partial charge in [-0.1, -0.05) is 0 Å². The molecule has 10 heteroatoms. The minimum absolute atomic E-state index is 0.00887. The number of carbonyl (C=O) groups is 1. The highest BCUT2D eigenvalue weighted by Gasteiger charge is 2.36. The van der Waals surface area contributed by atoms with E-state index in [4.69, 9.17) is 19.6 Å². The van der Waals surface area contributed by atoms with Crippen LogP contribution in [0.25, 0.3) is 10.9 Å². The summed E-state index contributed by atoms with van der Waals surface area (Å²) in [4.78, 5) is 25.6. The number of pyridine rings is 2. The third-order valence-corrected chi connectivity index (χ3v) is 8.37. The predicted molar refractivity (Wildman–Crippen MR) is 154 cm³/mol. The Hall–Kier alpha value is -3.92. The van der Waals surface area contributed by atoms with Crippen molar-refractivity contribution in [3.63, 3.8) is 0 Å². The van der Waals surface area contributed by atoms with Crippen LogP contribution in [0.4, 0.5) is 11.5 Å². The normalized spacial score (nSPS) is 22.1. The van der Waals surface area contributed by atoms with Crippen LogP contribution < -0.4 is 24.4 Å². The molecular weight excluding hydrogens is 508 g/mol. The molecule has 3 atom stereocenters. The van der Waals surface area contributed by atoms with Gasteiger partial charge in [-0.15, -0.1) is 0 Å². The standard InChI is InChI=1S/C30H36N6O4/c1-35(2)25-12-18(4-7-21(25)23(31)13-19-5-9-26-30(33-19)34-28(37)17-40-26)16-36-10-11-39-27-15-32-24-8-6-20(38-3)14-22(24)29(27)36/h5-6,8-9,14-15,18,21,25,31H,4,7,10-13,16-17H2,1-3H3,(H,33,34,37)/t18-,21?,25?/m0/s1. The maximum atomic E-state index is 11.7. The summed E-state index contributed by atoms with van der Waals surface area (Å²) >= 11 is 0. The fourth-order valence-electron chi connectivity index (χ4n) is 6.37. The average Bonchev–Trinajstić information content (AvgIpc) is 2.96. The van der Waals surface area contributed by atoms with E-state index in [2.05, 4.69) is 45.2 Å². The maximum absolute atomic E-state index is 11.7. The van der Waals surface area contributed by atoms with E-state index in [1.807, 2.05) is 30.5 Å². The Labute approximate surface area is 234 Å². The van der Waals surface area contributed by atoms with Gasteiger partial charge in [0.05, 0.1) is 31.1 Å². The number of aromatic nitrogens is 2. The summed E-state index contributed by atoms with van der Waals surface area (Å²) in [5.74, 6) is 3.10. The predicted octanol–water partition coefficient (Wildman–Crippen LogP) is 3.78. The lowest BCUT2D eigenvalue weighted by atomic mass is 9.74. The first kappa shape index (κ1) is 26.3. The van der Waals surface area contributed by atoms with Crippen LogP contribution in [-0.2, 0) is 11.2 Å². The maximum Gasteiger partial charge on any atom is 0.263 e. The smallest absolute Gasteiger partial charge is 0.263 e. The second-order valence-electron chi connectivity index (χ2n) is 11.2. The fraction of sp³-hybridized carbons (Fsp3) is 0.467. The molecular formula is C30H36N6O4. The summed E-state index contributed by atoms with van der Waals surface area (Å²) < 4.78 is 17.0. The SMILES string of the molecule is COc1ccc2ncc3c(c2c1)N(C[C@H]1CCC(C(=N)Cc2ccc4c(n2)NC(=O)CO4)C(N(C)C)C1)CCO3. The van der Waals surface area contributed by atoms with Gasteiger partial charge in [0.1, 0.15) is 12.4 Å². The van der Waals surface area contributed by atoms with Gasteiger partial charge in [-0.2, -0.15) is 0 Å². The second-order valence-corrected chi connectivity index (χ2v) is 11.2. The zero-order valence-electron chi connectivity index (χ0n) is 23.3. The second kappa shape index (κ2) is 10.9. The van der Waals surface area contributed by atoms with Crippen molar-refractivity contribution in [1.29, 1.82) is 5.41 Å². The van der Waals surface area contributed by atoms with Crippen molar-refractivity contribution in [2.24, 2.45) is 11.8 Å². The first-order valence-electron chi connectivity index (χ1n) is 13.9. The number of carbonyl (C=O) groups excluding carboxylic acids is 1. The summed E-state index contributed by atoms with van der Waals surface area (Å²) in [6.45, 7) is 2.41. The Balaban J connectivity index is 1.17. The van der Waals surface area contributed by atoms with Crippen molar-refractivity contribution in [3.8, 4) is 17.2 Å². The van der Waals surface area contributed by atoms with Crippen molar-refractivity contribution in [3.05, 3.63) is 42.2 Å². The number of anilines is 2. The molecule has 40 heavy (non-hydrogen) atoms. The summed E-state index contributed by atoms with van der Waals surface area (Å²) in [6.07, 6.45) is 5.32. The molecule has 2 aromatic heterocycles. The quantitative estimate of drug-likeness (QED) is 0.432. The van der Waals surface area contributed by atoms with Gasteiger partial charge in [-0.3, -0.25) is 9.78 Å². The zero-order valence-corrected chi connectivity index (χ0v) is 23.3. The van der Waals surface area contributed by atoms with Crippen LogP contribution in [0.2, 0.25) is 0 Å². The highest BCUT2D eigenvalue weighted by atomic mass is 16.5. The van der Waals surface area contributed by atoms with Gasteiger partial charge < -0.3 is 34.7 Å². The molecule has 3 aromatic rings. The minimum atomic E-state index is -0.204. The first-order valence-corrected chi connectivity index (χ1v) is 13.9. The van der Waals surface area contributed by atoms with Crippen LogP contribution in [0.3, 0.4) is 0 Å². The Morgan fingerprint density at radius 1 is 1.20 bits per heavy atom. The van der Waals surface area contributed by atoms with E-state index in [0.29, 0.717) is 36.2 Å². The van der Waals surface area contributed by atoms with Crippen LogP contribution in [0.15, 0.2) is 36.5 Å². The number of benzene rings is 1. The lowest BCUT2D eigenvalue weighted by Gasteiger charge is -2.42. The molecule has 6 rings (SSSR count). The third-order valence-electron chi connectivity index (χ3n) is 8.37. The molecule has 0 saturated heterocycles. The van der Waals surface area contributed by atoms with E-state index in [1.165, 1.54) is 0 Å². The van der Waals surface area contributed by atoms with Gasteiger partial charge in [0.15, 0.2) is 23.9 Å². The average molecular weight is 545 g/mol. The van der Waals surface area contributed by atoms with E-state index < -0.39 is 0 Å². The highest BCUT2D eigenvalue weighted by molar-refractivity contribution is 5.96. The minimum Gasteiger partial charge on any atom is -0.497 e. The third kappa shape index (κ3) is 5.15. The molecule has 4 heterocycles. The van der Waals surface area contributed by atoms with Gasteiger partial charge in [-0.05, 0) is 69.6 Å². The number of amides is 1. The number of methoxy groups -OCH3 is 1. The number of fused-ring (bicyclic) bond motifs is 4. The molecule has 0 bridgehead atoms. The number of ether oxygens (including phenoxy) is 3. The van der Waals surface area contributed by atoms with Gasteiger partial charge in [-0.25, -0.2) is 4.98 Å². The molecule has 10 nitrogen and oxygen atoms in total. The zero-order chi connectivity index (χ0) is 27.8. The number of nitrogens with zero attached hydrogens (tertiary/aromatic N) is 4. The van der Waals surface area contributed by atoms with Crippen molar-refractivity contribution in [2.45, 2.75) is 31.7 Å². The largest absolute Gasteiger partial charge is 0.497 e. The molecule has 2 N–H and O–H groups in total. The lowest BCUT2D eigenvalue weighted by Crippen LogP contribution is -2.47. The number of nitrogens with one attached hydrogen (secondary N) is 2. The molecule has 210 valence electrons. The molecule has 1 fully saturated rings. The van der Waals surface area contributed by atoms with Crippen molar-refractivity contribution in [2.75, 3.05) is 57.7 Å². The van der Waals surface area contributed by atoms with Crippen LogP contribution >= 0.6 is 0 Å². The van der Waals surface area contributed by atoms with E-state index in [9.17, 15) is 4.79 Å². The van der Waals surface area contributed by atoms with E-state index in [0.717, 1.165) is 66.1 Å². The summed E-state index contributed by atoms with van der Waals surface area (Å²) in [6, 6.07) is 9.98. The van der Waals surface area contributed by atoms with E-state index >= 15 is 0 Å². The summed E-state index contributed by atoms with van der Waals surface area (Å²) in [5, 5.41) is 12.9. The van der Waals surface area contributed by atoms with Gasteiger partial charge in [0.2, 0.25) is 0 Å². The Bertz CT molecular complexity index is 1440. The molecule has 2 aliphatic heterocycles. The first-order chi connectivity index (χ1) is 19.4. The van der Waals surface area contributed by atoms with Crippen molar-refractivity contribution in [1.82, 2.24) is 14.9 Å². The molecule has 1 amide bonds. The van der Waals surface area contributed by atoms with Gasteiger partial charge >= 0.3 is 0 Å². The van der Waals surface area contributed by atoms with Crippen molar-refractivity contribution >= 4 is 34.0 Å². The molecule has 1 aliphatic carbocycles. The van der Waals surface area contributed by atoms with Crippen molar-refractivity contribution < 1.29 is 19.0 Å². The molecule has 1 saturated carbocycles. The topological polar surface area (TPSA) is 113 Å². The van der Waals surface area contributed by atoms with Crippen LogP contribution in [-0.4, -0.2) is 80.0 Å². The summed E-state index contributed by atoms with van der Waals surface area (Å²) in [5.41, 5.74) is 3.49. The molecule has 1 aromatic carbocycles. The monoisotopic (exact) mass is 544 g/mol. The number of rotatable bonds is 7. The van der Waals surface area contributed by atoms with E-state index in [1.54, 1.807) is 7.11 Å². The van der Waals surface area contributed by atoms with Crippen LogP contribution in [0.5, 0.6) is 17.2 Å². The lowest BCUT2D eigenvalue weighted by molar-refractivity contribution is -0.118. The molecule has 0 spiro atoms. The Kier molecular flexibility index (Phi) is 7.18. The molecule has 0 radical (unpaired) electrons. The molecule has 3 aliphatic rings. The van der Waals surface area contributed by atoms with Gasteiger partial charge in [0.25, 0.3) is 5.91 Å².